The number of aromatic amines is 1. The molecule has 1 heterocycles. The Balaban J connectivity index is 1.81. The lowest BCUT2D eigenvalue weighted by Crippen LogP contribution is -2.33. The minimum atomic E-state index is -4.63. The summed E-state index contributed by atoms with van der Waals surface area (Å²) < 4.78 is 54.6. The predicted molar refractivity (Wildman–Crippen MR) is 104 cm³/mol. The first kappa shape index (κ1) is 21.5. The van der Waals surface area contributed by atoms with Gasteiger partial charge in [-0.15, -0.1) is 0 Å². The molecular formula is C20H13F4N5O2. The second-order valence-corrected chi connectivity index (χ2v) is 6.02. The molecule has 0 aliphatic heterocycles. The second-order valence-electron chi connectivity index (χ2n) is 6.02. The van der Waals surface area contributed by atoms with Crippen LogP contribution in [0.5, 0.6) is 5.75 Å². The highest BCUT2D eigenvalue weighted by atomic mass is 19.3. The number of aromatic nitrogens is 2. The van der Waals surface area contributed by atoms with Gasteiger partial charge in [0, 0.05) is 5.56 Å². The van der Waals surface area contributed by atoms with Crippen LogP contribution in [0.4, 0.5) is 23.5 Å². The van der Waals surface area contributed by atoms with E-state index in [4.69, 9.17) is 0 Å². The molecule has 0 saturated heterocycles. The van der Waals surface area contributed by atoms with E-state index in [1.54, 1.807) is 36.4 Å². The number of alkyl halides is 4. The summed E-state index contributed by atoms with van der Waals surface area (Å²) in [5.74, 6) is -0.554. The van der Waals surface area contributed by atoms with E-state index in [1.165, 1.54) is 18.3 Å². The SMILES string of the molecule is N#Cc1c(-c2ccccc2)nc(NN=Cc2cccc(OC(F)(F)C(F)F)c2)[nH]c1=O. The Kier molecular flexibility index (Phi) is 6.30. The lowest BCUT2D eigenvalue weighted by atomic mass is 10.1. The fourth-order valence-electron chi connectivity index (χ4n) is 2.46. The monoisotopic (exact) mass is 431 g/mol. The van der Waals surface area contributed by atoms with Gasteiger partial charge in [-0.25, -0.2) is 10.4 Å². The minimum absolute atomic E-state index is 0.0734. The standard InChI is InChI=1S/C20H13F4N5O2/c21-18(22)20(23,24)31-14-8-4-5-12(9-14)11-26-29-19-27-16(13-6-2-1-3-7-13)15(10-25)17(30)28-19/h1-9,11,18H,(H2,27,28,29,30). The number of ether oxygens (including phenoxy) is 1. The van der Waals surface area contributed by atoms with Gasteiger partial charge >= 0.3 is 12.5 Å². The Morgan fingerprint density at radius 3 is 2.61 bits per heavy atom. The maximum absolute atomic E-state index is 13.0. The Morgan fingerprint density at radius 2 is 1.94 bits per heavy atom. The average Bonchev–Trinajstić information content (AvgIpc) is 2.74. The molecule has 0 spiro atoms. The average molecular weight is 431 g/mol. The summed E-state index contributed by atoms with van der Waals surface area (Å²) in [6.07, 6.45) is -7.44. The highest BCUT2D eigenvalue weighted by Gasteiger charge is 2.43. The lowest BCUT2D eigenvalue weighted by molar-refractivity contribution is -0.253. The summed E-state index contributed by atoms with van der Waals surface area (Å²) in [4.78, 5) is 18.7. The number of nitrogens with one attached hydrogen (secondary N) is 2. The zero-order valence-electron chi connectivity index (χ0n) is 15.5. The van der Waals surface area contributed by atoms with Gasteiger partial charge in [0.2, 0.25) is 5.95 Å². The Hall–Kier alpha value is -4.20. The van der Waals surface area contributed by atoms with E-state index in [0.717, 1.165) is 12.1 Å². The number of halogens is 4. The van der Waals surface area contributed by atoms with E-state index >= 15 is 0 Å². The molecule has 0 bridgehead atoms. The van der Waals surface area contributed by atoms with Crippen molar-refractivity contribution in [3.63, 3.8) is 0 Å². The molecule has 3 aromatic rings. The summed E-state index contributed by atoms with van der Waals surface area (Å²) in [7, 11) is 0. The summed E-state index contributed by atoms with van der Waals surface area (Å²) in [6.45, 7) is 0. The van der Waals surface area contributed by atoms with Crippen LogP contribution in [0.25, 0.3) is 11.3 Å². The van der Waals surface area contributed by atoms with Crippen molar-refractivity contribution in [2.24, 2.45) is 5.10 Å². The molecule has 2 aromatic carbocycles. The van der Waals surface area contributed by atoms with Crippen LogP contribution in [0.15, 0.2) is 64.5 Å². The van der Waals surface area contributed by atoms with E-state index < -0.39 is 23.8 Å². The minimum Gasteiger partial charge on any atom is -0.428 e. The number of rotatable bonds is 7. The third-order valence-electron chi connectivity index (χ3n) is 3.83. The van der Waals surface area contributed by atoms with Gasteiger partial charge in [-0.05, 0) is 17.7 Å². The lowest BCUT2D eigenvalue weighted by Gasteiger charge is -2.16. The van der Waals surface area contributed by atoms with E-state index in [1.807, 2.05) is 0 Å². The molecule has 0 amide bonds. The summed E-state index contributed by atoms with van der Waals surface area (Å²) in [5, 5.41) is 13.1. The third kappa shape index (κ3) is 5.24. The number of nitrogens with zero attached hydrogens (tertiary/aromatic N) is 3. The highest BCUT2D eigenvalue weighted by molar-refractivity contribution is 5.80. The van der Waals surface area contributed by atoms with Crippen LogP contribution in [-0.2, 0) is 0 Å². The van der Waals surface area contributed by atoms with Gasteiger partial charge in [-0.2, -0.15) is 27.9 Å². The summed E-state index contributed by atoms with van der Waals surface area (Å²) >= 11 is 0. The summed E-state index contributed by atoms with van der Waals surface area (Å²) in [6, 6.07) is 15.3. The number of nitriles is 1. The van der Waals surface area contributed by atoms with Crippen LogP contribution in [0.2, 0.25) is 0 Å². The fourth-order valence-corrected chi connectivity index (χ4v) is 2.46. The maximum Gasteiger partial charge on any atom is 0.461 e. The molecule has 0 unspecified atom stereocenters. The van der Waals surface area contributed by atoms with Crippen molar-refractivity contribution in [3.8, 4) is 23.1 Å². The normalized spacial score (nSPS) is 11.5. The van der Waals surface area contributed by atoms with E-state index in [9.17, 15) is 27.6 Å². The third-order valence-corrected chi connectivity index (χ3v) is 3.83. The number of anilines is 1. The quantitative estimate of drug-likeness (QED) is 0.335. The Bertz CT molecular complexity index is 1190. The van der Waals surface area contributed by atoms with Crippen LogP contribution in [-0.4, -0.2) is 28.7 Å². The molecule has 3 rings (SSSR count). The Labute approximate surface area is 172 Å². The second kappa shape index (κ2) is 9.08. The molecule has 2 N–H and O–H groups in total. The molecule has 1 aromatic heterocycles. The zero-order valence-corrected chi connectivity index (χ0v) is 15.5. The topological polar surface area (TPSA) is 103 Å². The predicted octanol–water partition coefficient (Wildman–Crippen LogP) is 3.99. The van der Waals surface area contributed by atoms with Gasteiger partial charge in [0.25, 0.3) is 5.56 Å². The molecule has 0 fully saturated rings. The van der Waals surface area contributed by atoms with Crippen LogP contribution in [0, 0.1) is 11.3 Å². The van der Waals surface area contributed by atoms with Crippen LogP contribution in [0.1, 0.15) is 11.1 Å². The molecule has 0 radical (unpaired) electrons. The highest BCUT2D eigenvalue weighted by Crippen LogP contribution is 2.27. The largest absolute Gasteiger partial charge is 0.461 e. The Morgan fingerprint density at radius 1 is 1.19 bits per heavy atom. The molecule has 31 heavy (non-hydrogen) atoms. The number of benzene rings is 2. The fraction of sp³-hybridized carbons (Fsp3) is 0.100. The van der Waals surface area contributed by atoms with E-state index in [2.05, 4.69) is 25.2 Å². The molecule has 0 saturated carbocycles. The molecule has 0 aliphatic rings. The van der Waals surface area contributed by atoms with Crippen molar-refractivity contribution < 1.29 is 22.3 Å². The smallest absolute Gasteiger partial charge is 0.428 e. The maximum atomic E-state index is 13.0. The van der Waals surface area contributed by atoms with Crippen LogP contribution < -0.4 is 15.7 Å². The van der Waals surface area contributed by atoms with Crippen molar-refractivity contribution >= 4 is 12.2 Å². The van der Waals surface area contributed by atoms with Crippen molar-refractivity contribution in [2.75, 3.05) is 5.43 Å². The molecular weight excluding hydrogens is 418 g/mol. The van der Waals surface area contributed by atoms with Crippen LogP contribution in [0.3, 0.4) is 0 Å². The van der Waals surface area contributed by atoms with Gasteiger partial charge in [-0.1, -0.05) is 42.5 Å². The first-order valence-corrected chi connectivity index (χ1v) is 8.64. The zero-order chi connectivity index (χ0) is 22.4. The number of hydrazone groups is 1. The van der Waals surface area contributed by atoms with Crippen molar-refractivity contribution in [1.82, 2.24) is 9.97 Å². The molecule has 158 valence electrons. The van der Waals surface area contributed by atoms with Gasteiger partial charge < -0.3 is 4.74 Å². The van der Waals surface area contributed by atoms with Gasteiger partial charge in [0.1, 0.15) is 17.4 Å². The van der Waals surface area contributed by atoms with Crippen LogP contribution >= 0.6 is 0 Å². The van der Waals surface area contributed by atoms with E-state index in [-0.39, 0.29) is 22.8 Å². The molecule has 11 heteroatoms. The van der Waals surface area contributed by atoms with Gasteiger partial charge in [-0.3, -0.25) is 9.78 Å². The first-order chi connectivity index (χ1) is 14.8. The van der Waals surface area contributed by atoms with E-state index in [0.29, 0.717) is 5.56 Å². The summed E-state index contributed by atoms with van der Waals surface area (Å²) in [5.41, 5.74) is 2.54. The van der Waals surface area contributed by atoms with Crippen molar-refractivity contribution in [3.05, 3.63) is 76.1 Å². The van der Waals surface area contributed by atoms with Gasteiger partial charge in [0.05, 0.1) is 11.9 Å². The van der Waals surface area contributed by atoms with Crippen molar-refractivity contribution in [2.45, 2.75) is 12.5 Å². The first-order valence-electron chi connectivity index (χ1n) is 8.64. The van der Waals surface area contributed by atoms with Gasteiger partial charge in [0.15, 0.2) is 0 Å². The van der Waals surface area contributed by atoms with Crippen molar-refractivity contribution in [1.29, 1.82) is 5.26 Å². The number of hydrogen-bond acceptors (Lipinski definition) is 6. The molecule has 0 atom stereocenters. The number of hydrogen-bond donors (Lipinski definition) is 2. The molecule has 7 nitrogen and oxygen atoms in total. The number of H-pyrrole nitrogens is 1. The molecule has 0 aliphatic carbocycles.